The fourth-order valence-corrected chi connectivity index (χ4v) is 1.96. The van der Waals surface area contributed by atoms with Gasteiger partial charge in [-0.3, -0.25) is 4.79 Å². The fraction of sp³-hybridized carbons (Fsp3) is 0.273. The SMILES string of the molecule is O=CNC(Cc1cc(Cl)c2c(c1)OCO2)C(=O)O. The molecule has 0 spiro atoms. The van der Waals surface area contributed by atoms with E-state index in [0.717, 1.165) is 0 Å². The topological polar surface area (TPSA) is 84.9 Å². The summed E-state index contributed by atoms with van der Waals surface area (Å²) in [5.74, 6) is -0.181. The van der Waals surface area contributed by atoms with E-state index in [0.29, 0.717) is 28.5 Å². The zero-order valence-electron chi connectivity index (χ0n) is 9.18. The van der Waals surface area contributed by atoms with Crippen LogP contribution in [0, 0.1) is 0 Å². The highest BCUT2D eigenvalue weighted by Gasteiger charge is 2.22. The molecular weight excluding hydrogens is 262 g/mol. The summed E-state index contributed by atoms with van der Waals surface area (Å²) in [4.78, 5) is 21.2. The Balaban J connectivity index is 2.21. The standard InChI is InChI=1S/C11H10ClNO5/c12-7-1-6(2-8(11(15)16)13-4-14)3-9-10(7)18-5-17-9/h1,3-4,8H,2,5H2,(H,13,14)(H,15,16). The van der Waals surface area contributed by atoms with Crippen LogP contribution in [0.4, 0.5) is 0 Å². The molecule has 0 radical (unpaired) electrons. The fourth-order valence-electron chi connectivity index (χ4n) is 1.67. The van der Waals surface area contributed by atoms with Crippen LogP contribution in [0.5, 0.6) is 11.5 Å². The van der Waals surface area contributed by atoms with E-state index < -0.39 is 12.0 Å². The molecule has 1 aliphatic rings. The minimum Gasteiger partial charge on any atom is -0.480 e. The number of carboxylic acid groups (broad SMARTS) is 1. The number of hydrogen-bond acceptors (Lipinski definition) is 4. The number of carboxylic acids is 1. The average molecular weight is 272 g/mol. The van der Waals surface area contributed by atoms with Crippen LogP contribution in [0.2, 0.25) is 5.02 Å². The third-order valence-corrected chi connectivity index (χ3v) is 2.77. The molecule has 0 saturated carbocycles. The van der Waals surface area contributed by atoms with Crippen LogP contribution in [0.3, 0.4) is 0 Å². The Morgan fingerprint density at radius 1 is 1.56 bits per heavy atom. The summed E-state index contributed by atoms with van der Waals surface area (Å²) in [5.41, 5.74) is 0.644. The number of ether oxygens (including phenoxy) is 2. The molecule has 1 aliphatic heterocycles. The van der Waals surface area contributed by atoms with Gasteiger partial charge in [-0.2, -0.15) is 0 Å². The molecule has 2 rings (SSSR count). The normalized spacial score (nSPS) is 14.1. The van der Waals surface area contributed by atoms with E-state index in [-0.39, 0.29) is 13.2 Å². The number of nitrogens with one attached hydrogen (secondary N) is 1. The second-order valence-electron chi connectivity index (χ2n) is 3.69. The predicted molar refractivity (Wildman–Crippen MR) is 61.9 cm³/mol. The van der Waals surface area contributed by atoms with Crippen LogP contribution >= 0.6 is 11.6 Å². The molecule has 0 aromatic heterocycles. The number of amides is 1. The molecule has 0 saturated heterocycles. The second kappa shape index (κ2) is 5.14. The highest BCUT2D eigenvalue weighted by atomic mass is 35.5. The van der Waals surface area contributed by atoms with Crippen molar-refractivity contribution in [3.63, 3.8) is 0 Å². The van der Waals surface area contributed by atoms with Crippen LogP contribution in [0.25, 0.3) is 0 Å². The van der Waals surface area contributed by atoms with Gasteiger partial charge in [0.05, 0.1) is 5.02 Å². The van der Waals surface area contributed by atoms with Gasteiger partial charge in [0.25, 0.3) is 0 Å². The number of benzene rings is 1. The van der Waals surface area contributed by atoms with Crippen LogP contribution in [-0.4, -0.2) is 30.3 Å². The molecule has 96 valence electrons. The largest absolute Gasteiger partial charge is 0.480 e. The Bertz CT molecular complexity index is 491. The number of carbonyl (C=O) groups is 2. The summed E-state index contributed by atoms with van der Waals surface area (Å²) in [6.07, 6.45) is 0.470. The number of rotatable bonds is 5. The molecule has 1 aromatic rings. The maximum Gasteiger partial charge on any atom is 0.326 e. The Labute approximate surface area is 107 Å². The quantitative estimate of drug-likeness (QED) is 0.774. The third-order valence-electron chi connectivity index (χ3n) is 2.49. The van der Waals surface area contributed by atoms with Crippen LogP contribution in [0.15, 0.2) is 12.1 Å². The van der Waals surface area contributed by atoms with Crippen molar-refractivity contribution < 1.29 is 24.2 Å². The summed E-state index contributed by atoms with van der Waals surface area (Å²) in [6, 6.07) is 2.24. The molecule has 1 amide bonds. The van der Waals surface area contributed by atoms with E-state index >= 15 is 0 Å². The first kappa shape index (κ1) is 12.5. The van der Waals surface area contributed by atoms with E-state index in [9.17, 15) is 9.59 Å². The van der Waals surface area contributed by atoms with Crippen molar-refractivity contribution in [2.75, 3.05) is 6.79 Å². The molecule has 0 fully saturated rings. The van der Waals surface area contributed by atoms with Crippen LogP contribution < -0.4 is 14.8 Å². The van der Waals surface area contributed by atoms with Gasteiger partial charge in [0, 0.05) is 6.42 Å². The van der Waals surface area contributed by atoms with E-state index in [4.69, 9.17) is 26.2 Å². The lowest BCUT2D eigenvalue weighted by Gasteiger charge is -2.11. The highest BCUT2D eigenvalue weighted by Crippen LogP contribution is 2.39. The van der Waals surface area contributed by atoms with E-state index in [1.54, 1.807) is 12.1 Å². The molecular formula is C11H10ClNO5. The van der Waals surface area contributed by atoms with Gasteiger partial charge in [-0.05, 0) is 17.7 Å². The van der Waals surface area contributed by atoms with Gasteiger partial charge in [-0.15, -0.1) is 0 Å². The van der Waals surface area contributed by atoms with E-state index in [1.807, 2.05) is 0 Å². The minimum atomic E-state index is -1.11. The van der Waals surface area contributed by atoms with Crippen molar-refractivity contribution in [3.05, 3.63) is 22.7 Å². The maximum absolute atomic E-state index is 10.9. The Morgan fingerprint density at radius 3 is 3.00 bits per heavy atom. The van der Waals surface area contributed by atoms with Crippen molar-refractivity contribution in [2.24, 2.45) is 0 Å². The van der Waals surface area contributed by atoms with Gasteiger partial charge >= 0.3 is 5.97 Å². The molecule has 0 bridgehead atoms. The minimum absolute atomic E-state index is 0.0907. The zero-order valence-corrected chi connectivity index (χ0v) is 9.94. The smallest absolute Gasteiger partial charge is 0.326 e. The first-order valence-corrected chi connectivity index (χ1v) is 5.50. The molecule has 1 atom stereocenters. The summed E-state index contributed by atoms with van der Waals surface area (Å²) in [7, 11) is 0. The summed E-state index contributed by atoms with van der Waals surface area (Å²) in [5, 5.41) is 11.5. The molecule has 6 nitrogen and oxygen atoms in total. The Morgan fingerprint density at radius 2 is 2.33 bits per heavy atom. The lowest BCUT2D eigenvalue weighted by molar-refractivity contribution is -0.140. The van der Waals surface area contributed by atoms with Crippen molar-refractivity contribution in [3.8, 4) is 11.5 Å². The Hall–Kier alpha value is -1.95. The molecule has 7 heteroatoms. The molecule has 1 aromatic carbocycles. The van der Waals surface area contributed by atoms with Crippen molar-refractivity contribution in [1.29, 1.82) is 0 Å². The van der Waals surface area contributed by atoms with Gasteiger partial charge < -0.3 is 19.9 Å². The number of hydrogen-bond donors (Lipinski definition) is 2. The predicted octanol–water partition coefficient (Wildman–Crippen LogP) is 0.810. The van der Waals surface area contributed by atoms with E-state index in [2.05, 4.69) is 5.32 Å². The van der Waals surface area contributed by atoms with Gasteiger partial charge in [-0.25, -0.2) is 4.79 Å². The lowest BCUT2D eigenvalue weighted by atomic mass is 10.1. The Kier molecular flexibility index (Phi) is 3.57. The van der Waals surface area contributed by atoms with Crippen molar-refractivity contribution >= 4 is 24.0 Å². The summed E-state index contributed by atoms with van der Waals surface area (Å²) in [6.45, 7) is 0.0907. The van der Waals surface area contributed by atoms with Gasteiger partial charge in [-0.1, -0.05) is 11.6 Å². The lowest BCUT2D eigenvalue weighted by Crippen LogP contribution is -2.37. The summed E-state index contributed by atoms with van der Waals surface area (Å²) >= 11 is 5.97. The number of aliphatic carboxylic acids is 1. The third kappa shape index (κ3) is 2.48. The van der Waals surface area contributed by atoms with Crippen molar-refractivity contribution in [1.82, 2.24) is 5.32 Å². The van der Waals surface area contributed by atoms with Crippen LogP contribution in [0.1, 0.15) is 5.56 Å². The molecule has 1 heterocycles. The monoisotopic (exact) mass is 271 g/mol. The molecule has 2 N–H and O–H groups in total. The van der Waals surface area contributed by atoms with Crippen LogP contribution in [-0.2, 0) is 16.0 Å². The number of fused-ring (bicyclic) bond motifs is 1. The van der Waals surface area contributed by atoms with Gasteiger partial charge in [0.1, 0.15) is 6.04 Å². The van der Waals surface area contributed by atoms with Gasteiger partial charge in [0.15, 0.2) is 11.5 Å². The molecule has 0 aliphatic carbocycles. The number of carbonyl (C=O) groups excluding carboxylic acids is 1. The average Bonchev–Trinajstić information content (AvgIpc) is 2.77. The number of halogens is 1. The van der Waals surface area contributed by atoms with Crippen molar-refractivity contribution in [2.45, 2.75) is 12.5 Å². The molecule has 18 heavy (non-hydrogen) atoms. The second-order valence-corrected chi connectivity index (χ2v) is 4.10. The van der Waals surface area contributed by atoms with Gasteiger partial charge in [0.2, 0.25) is 13.2 Å². The van der Waals surface area contributed by atoms with E-state index in [1.165, 1.54) is 0 Å². The summed E-state index contributed by atoms with van der Waals surface area (Å²) < 4.78 is 10.3. The highest BCUT2D eigenvalue weighted by molar-refractivity contribution is 6.32. The first-order valence-electron chi connectivity index (χ1n) is 5.12. The first-order chi connectivity index (χ1) is 8.61. The zero-order chi connectivity index (χ0) is 13.1. The maximum atomic E-state index is 10.9. The molecule has 1 unspecified atom stereocenters.